The van der Waals surface area contributed by atoms with Gasteiger partial charge in [0.15, 0.2) is 0 Å². The Morgan fingerprint density at radius 1 is 1.55 bits per heavy atom. The highest BCUT2D eigenvalue weighted by Crippen LogP contribution is 2.14. The summed E-state index contributed by atoms with van der Waals surface area (Å²) in [4.78, 5) is 0. The molecule has 3 N–H and O–H groups in total. The fourth-order valence-electron chi connectivity index (χ4n) is 0.841. The molecule has 3 heteroatoms. The molecule has 1 aromatic carbocycles. The van der Waals surface area contributed by atoms with E-state index in [4.69, 9.17) is 17.3 Å². The van der Waals surface area contributed by atoms with Gasteiger partial charge in [-0.15, -0.1) is 0 Å². The number of hydrogen-bond donors (Lipinski definition) is 2. The quantitative estimate of drug-likeness (QED) is 0.667. The van der Waals surface area contributed by atoms with Crippen LogP contribution in [0, 0.1) is 0 Å². The van der Waals surface area contributed by atoms with Crippen molar-refractivity contribution in [2.45, 2.75) is 13.1 Å². The van der Waals surface area contributed by atoms with E-state index < -0.39 is 0 Å². The van der Waals surface area contributed by atoms with Gasteiger partial charge in [0.05, 0.1) is 6.17 Å². The zero-order valence-electron chi connectivity index (χ0n) is 6.34. The van der Waals surface area contributed by atoms with Crippen LogP contribution in [0.25, 0.3) is 0 Å². The van der Waals surface area contributed by atoms with Crippen molar-refractivity contribution in [3.63, 3.8) is 0 Å². The Labute approximate surface area is 71.4 Å². The van der Waals surface area contributed by atoms with E-state index >= 15 is 0 Å². The largest absolute Gasteiger partial charge is 0.370 e. The van der Waals surface area contributed by atoms with E-state index in [2.05, 4.69) is 5.32 Å². The van der Waals surface area contributed by atoms with Crippen LogP contribution < -0.4 is 11.1 Å². The van der Waals surface area contributed by atoms with Crippen molar-refractivity contribution in [2.24, 2.45) is 5.73 Å². The summed E-state index contributed by atoms with van der Waals surface area (Å²) >= 11 is 5.75. The van der Waals surface area contributed by atoms with Gasteiger partial charge in [0.2, 0.25) is 0 Å². The van der Waals surface area contributed by atoms with Crippen LogP contribution >= 0.6 is 11.6 Å². The van der Waals surface area contributed by atoms with Crippen LogP contribution in [-0.4, -0.2) is 6.17 Å². The van der Waals surface area contributed by atoms with Gasteiger partial charge in [-0.1, -0.05) is 17.7 Å². The van der Waals surface area contributed by atoms with Crippen molar-refractivity contribution >= 4 is 17.3 Å². The molecule has 0 aliphatic carbocycles. The minimum atomic E-state index is -0.0477. The number of halogens is 1. The molecule has 2 nitrogen and oxygen atoms in total. The molecule has 0 radical (unpaired) electrons. The highest BCUT2D eigenvalue weighted by atomic mass is 35.5. The average Bonchev–Trinajstić information content (AvgIpc) is 1.85. The first-order chi connectivity index (χ1) is 5.18. The van der Waals surface area contributed by atoms with Crippen LogP contribution in [-0.2, 0) is 0 Å². The second-order valence-corrected chi connectivity index (χ2v) is 2.88. The molecule has 1 rings (SSSR count). The monoisotopic (exact) mass is 170 g/mol. The SMILES string of the molecule is CC(N)Nc1cccc(Cl)c1. The van der Waals surface area contributed by atoms with E-state index in [0.717, 1.165) is 10.7 Å². The molecule has 0 aliphatic rings. The topological polar surface area (TPSA) is 38.0 Å². The summed E-state index contributed by atoms with van der Waals surface area (Å²) in [5.41, 5.74) is 6.47. The Morgan fingerprint density at radius 2 is 2.27 bits per heavy atom. The van der Waals surface area contributed by atoms with Crippen LogP contribution in [0.5, 0.6) is 0 Å². The van der Waals surface area contributed by atoms with Gasteiger partial charge < -0.3 is 11.1 Å². The standard InChI is InChI=1S/C8H11ClN2/c1-6(10)11-8-4-2-3-7(9)5-8/h2-6,11H,10H2,1H3. The van der Waals surface area contributed by atoms with Gasteiger partial charge in [-0.2, -0.15) is 0 Å². The number of anilines is 1. The third-order valence-corrected chi connectivity index (χ3v) is 1.45. The number of nitrogens with two attached hydrogens (primary N) is 1. The van der Waals surface area contributed by atoms with Crippen molar-refractivity contribution in [1.29, 1.82) is 0 Å². The van der Waals surface area contributed by atoms with Gasteiger partial charge >= 0.3 is 0 Å². The third kappa shape index (κ3) is 2.78. The lowest BCUT2D eigenvalue weighted by molar-refractivity contribution is 0.852. The van der Waals surface area contributed by atoms with Gasteiger partial charge in [0.1, 0.15) is 0 Å². The first kappa shape index (κ1) is 8.37. The highest BCUT2D eigenvalue weighted by molar-refractivity contribution is 6.30. The van der Waals surface area contributed by atoms with E-state index in [1.165, 1.54) is 0 Å². The summed E-state index contributed by atoms with van der Waals surface area (Å²) in [6.07, 6.45) is -0.0477. The molecule has 0 amide bonds. The van der Waals surface area contributed by atoms with E-state index in [-0.39, 0.29) is 6.17 Å². The number of hydrogen-bond acceptors (Lipinski definition) is 2. The molecule has 0 saturated heterocycles. The van der Waals surface area contributed by atoms with Crippen molar-refractivity contribution in [3.8, 4) is 0 Å². The Bertz CT molecular complexity index is 235. The van der Waals surface area contributed by atoms with Gasteiger partial charge in [0.25, 0.3) is 0 Å². The van der Waals surface area contributed by atoms with Gasteiger partial charge in [-0.25, -0.2) is 0 Å². The fourth-order valence-corrected chi connectivity index (χ4v) is 1.03. The summed E-state index contributed by atoms with van der Waals surface area (Å²) in [7, 11) is 0. The summed E-state index contributed by atoms with van der Waals surface area (Å²) in [5.74, 6) is 0. The first-order valence-corrected chi connectivity index (χ1v) is 3.84. The molecule has 1 atom stereocenters. The van der Waals surface area contributed by atoms with E-state index in [1.807, 2.05) is 31.2 Å². The average molecular weight is 171 g/mol. The number of benzene rings is 1. The Morgan fingerprint density at radius 3 is 2.82 bits per heavy atom. The Balaban J connectivity index is 2.71. The summed E-state index contributed by atoms with van der Waals surface area (Å²) in [5, 5.41) is 3.76. The first-order valence-electron chi connectivity index (χ1n) is 3.46. The molecule has 60 valence electrons. The zero-order valence-corrected chi connectivity index (χ0v) is 7.10. The second-order valence-electron chi connectivity index (χ2n) is 2.44. The maximum absolute atomic E-state index is 5.75. The molecule has 0 aromatic heterocycles. The smallest absolute Gasteiger partial charge is 0.0714 e. The lowest BCUT2D eigenvalue weighted by atomic mass is 10.3. The van der Waals surface area contributed by atoms with Crippen molar-refractivity contribution < 1.29 is 0 Å². The van der Waals surface area contributed by atoms with E-state index in [0.29, 0.717) is 0 Å². The normalized spacial score (nSPS) is 12.6. The summed E-state index contributed by atoms with van der Waals surface area (Å²) < 4.78 is 0. The van der Waals surface area contributed by atoms with Crippen molar-refractivity contribution in [1.82, 2.24) is 0 Å². The molecule has 0 spiro atoms. The molecule has 1 aromatic rings. The molecule has 0 heterocycles. The van der Waals surface area contributed by atoms with Crippen LogP contribution in [0.3, 0.4) is 0 Å². The third-order valence-electron chi connectivity index (χ3n) is 1.22. The van der Waals surface area contributed by atoms with Gasteiger partial charge in [0, 0.05) is 10.7 Å². The van der Waals surface area contributed by atoms with E-state index in [1.54, 1.807) is 0 Å². The van der Waals surface area contributed by atoms with Gasteiger partial charge in [-0.05, 0) is 25.1 Å². The summed E-state index contributed by atoms with van der Waals surface area (Å²) in [6, 6.07) is 7.47. The number of rotatable bonds is 2. The molecule has 0 saturated carbocycles. The minimum absolute atomic E-state index is 0.0477. The lowest BCUT2D eigenvalue weighted by Gasteiger charge is -2.09. The summed E-state index contributed by atoms with van der Waals surface area (Å²) in [6.45, 7) is 1.88. The van der Waals surface area contributed by atoms with Gasteiger partial charge in [-0.3, -0.25) is 0 Å². The van der Waals surface area contributed by atoms with Crippen molar-refractivity contribution in [3.05, 3.63) is 29.3 Å². The highest BCUT2D eigenvalue weighted by Gasteiger charge is 1.94. The zero-order chi connectivity index (χ0) is 8.27. The van der Waals surface area contributed by atoms with Crippen LogP contribution in [0.2, 0.25) is 5.02 Å². The maximum Gasteiger partial charge on any atom is 0.0714 e. The van der Waals surface area contributed by atoms with Crippen LogP contribution in [0.4, 0.5) is 5.69 Å². The van der Waals surface area contributed by atoms with Crippen LogP contribution in [0.15, 0.2) is 24.3 Å². The van der Waals surface area contributed by atoms with Crippen molar-refractivity contribution in [2.75, 3.05) is 5.32 Å². The second kappa shape index (κ2) is 3.60. The van der Waals surface area contributed by atoms with E-state index in [9.17, 15) is 0 Å². The molecule has 0 aliphatic heterocycles. The molecule has 11 heavy (non-hydrogen) atoms. The predicted octanol–water partition coefficient (Wildman–Crippen LogP) is 2.06. The van der Waals surface area contributed by atoms with Crippen LogP contribution in [0.1, 0.15) is 6.92 Å². The Hall–Kier alpha value is -0.730. The maximum atomic E-state index is 5.75. The fraction of sp³-hybridized carbons (Fsp3) is 0.250. The molecule has 0 fully saturated rings. The predicted molar refractivity (Wildman–Crippen MR) is 48.7 cm³/mol. The number of nitrogens with one attached hydrogen (secondary N) is 1. The lowest BCUT2D eigenvalue weighted by Crippen LogP contribution is -2.24. The minimum Gasteiger partial charge on any atom is -0.370 e. The Kier molecular flexibility index (Phi) is 2.74. The molecular formula is C8H11ClN2. The molecule has 1 unspecified atom stereocenters. The molecule has 0 bridgehead atoms. The molecular weight excluding hydrogens is 160 g/mol.